The number of hydrogen-bond acceptors (Lipinski definition) is 4. The monoisotopic (exact) mass is 306 g/mol. The fraction of sp³-hybridized carbons (Fsp3) is 0.438. The first-order chi connectivity index (χ1) is 10.5. The van der Waals surface area contributed by atoms with E-state index in [1.54, 1.807) is 31.2 Å². The summed E-state index contributed by atoms with van der Waals surface area (Å²) in [7, 11) is 1.41. The molecule has 0 spiro atoms. The van der Waals surface area contributed by atoms with Crippen molar-refractivity contribution in [2.75, 3.05) is 7.11 Å². The molecule has 120 valence electrons. The SMILES string of the molecule is CCC(=O)CC[C@@H](NC(=O)[C@@H](OC)c1ccccc1)C(N)=O. The van der Waals surface area contributed by atoms with Crippen LogP contribution in [-0.2, 0) is 19.1 Å². The molecular weight excluding hydrogens is 284 g/mol. The number of nitrogens with one attached hydrogen (secondary N) is 1. The van der Waals surface area contributed by atoms with Crippen LogP contribution in [0.2, 0.25) is 0 Å². The summed E-state index contributed by atoms with van der Waals surface area (Å²) in [4.78, 5) is 35.1. The summed E-state index contributed by atoms with van der Waals surface area (Å²) >= 11 is 0. The molecule has 0 unspecified atom stereocenters. The van der Waals surface area contributed by atoms with E-state index in [1.807, 2.05) is 6.07 Å². The number of benzene rings is 1. The maximum Gasteiger partial charge on any atom is 0.254 e. The number of carbonyl (C=O) groups is 3. The van der Waals surface area contributed by atoms with Gasteiger partial charge < -0.3 is 15.8 Å². The first-order valence-electron chi connectivity index (χ1n) is 7.18. The van der Waals surface area contributed by atoms with Crippen LogP contribution in [0.5, 0.6) is 0 Å². The van der Waals surface area contributed by atoms with E-state index in [0.29, 0.717) is 12.0 Å². The largest absolute Gasteiger partial charge is 0.368 e. The Hall–Kier alpha value is -2.21. The first kappa shape index (κ1) is 17.8. The molecule has 0 aliphatic heterocycles. The predicted molar refractivity (Wildman–Crippen MR) is 81.8 cm³/mol. The Morgan fingerprint density at radius 3 is 2.36 bits per heavy atom. The summed E-state index contributed by atoms with van der Waals surface area (Å²) in [6.45, 7) is 1.75. The number of ketones is 1. The molecule has 1 aromatic carbocycles. The number of nitrogens with two attached hydrogens (primary N) is 1. The van der Waals surface area contributed by atoms with Crippen molar-refractivity contribution >= 4 is 17.6 Å². The Balaban J connectivity index is 2.73. The van der Waals surface area contributed by atoms with Crippen LogP contribution in [0.4, 0.5) is 0 Å². The zero-order valence-corrected chi connectivity index (χ0v) is 12.9. The molecule has 0 aliphatic carbocycles. The second-order valence-corrected chi connectivity index (χ2v) is 4.92. The molecule has 0 bridgehead atoms. The van der Waals surface area contributed by atoms with Crippen LogP contribution in [0.1, 0.15) is 37.9 Å². The van der Waals surface area contributed by atoms with Gasteiger partial charge in [0.05, 0.1) is 0 Å². The van der Waals surface area contributed by atoms with Crippen LogP contribution in [-0.4, -0.2) is 30.7 Å². The molecule has 2 amide bonds. The van der Waals surface area contributed by atoms with Crippen molar-refractivity contribution in [2.24, 2.45) is 5.73 Å². The molecule has 3 N–H and O–H groups in total. The van der Waals surface area contributed by atoms with Crippen molar-refractivity contribution < 1.29 is 19.1 Å². The fourth-order valence-electron chi connectivity index (χ4n) is 2.04. The van der Waals surface area contributed by atoms with Gasteiger partial charge in [-0.1, -0.05) is 37.3 Å². The molecule has 0 radical (unpaired) electrons. The zero-order chi connectivity index (χ0) is 16.5. The average Bonchev–Trinajstić information content (AvgIpc) is 2.52. The van der Waals surface area contributed by atoms with Gasteiger partial charge >= 0.3 is 0 Å². The normalized spacial score (nSPS) is 13.2. The minimum atomic E-state index is -0.885. The highest BCUT2D eigenvalue weighted by molar-refractivity contribution is 5.89. The lowest BCUT2D eigenvalue weighted by molar-refractivity contribution is -0.135. The lowest BCUT2D eigenvalue weighted by atomic mass is 10.0. The molecule has 6 nitrogen and oxygen atoms in total. The molecule has 2 atom stereocenters. The number of hydrogen-bond donors (Lipinski definition) is 2. The molecular formula is C16H22N2O4. The third-order valence-corrected chi connectivity index (χ3v) is 3.34. The molecule has 0 heterocycles. The smallest absolute Gasteiger partial charge is 0.254 e. The van der Waals surface area contributed by atoms with Gasteiger partial charge in [0.15, 0.2) is 6.10 Å². The summed E-state index contributed by atoms with van der Waals surface area (Å²) < 4.78 is 5.19. The van der Waals surface area contributed by atoms with Crippen molar-refractivity contribution in [1.29, 1.82) is 0 Å². The van der Waals surface area contributed by atoms with Gasteiger partial charge in [-0.15, -0.1) is 0 Å². The van der Waals surface area contributed by atoms with E-state index in [2.05, 4.69) is 5.32 Å². The molecule has 1 aromatic rings. The van der Waals surface area contributed by atoms with E-state index in [9.17, 15) is 14.4 Å². The van der Waals surface area contributed by atoms with E-state index in [4.69, 9.17) is 10.5 Å². The molecule has 0 fully saturated rings. The minimum Gasteiger partial charge on any atom is -0.368 e. The highest BCUT2D eigenvalue weighted by Crippen LogP contribution is 2.16. The van der Waals surface area contributed by atoms with Crippen molar-refractivity contribution in [2.45, 2.75) is 38.3 Å². The third-order valence-electron chi connectivity index (χ3n) is 3.34. The number of ether oxygens (including phenoxy) is 1. The van der Waals surface area contributed by atoms with E-state index in [-0.39, 0.29) is 18.6 Å². The minimum absolute atomic E-state index is 0.0202. The van der Waals surface area contributed by atoms with Gasteiger partial charge in [-0.2, -0.15) is 0 Å². The topological polar surface area (TPSA) is 98.5 Å². The lowest BCUT2D eigenvalue weighted by Crippen LogP contribution is -2.46. The molecule has 22 heavy (non-hydrogen) atoms. The number of methoxy groups -OCH3 is 1. The van der Waals surface area contributed by atoms with Gasteiger partial charge in [0.25, 0.3) is 5.91 Å². The number of Topliss-reactive ketones (excluding diaryl/α,β-unsaturated/α-hetero) is 1. The molecule has 0 saturated carbocycles. The maximum atomic E-state index is 12.3. The van der Waals surface area contributed by atoms with Crippen LogP contribution >= 0.6 is 0 Å². The van der Waals surface area contributed by atoms with Gasteiger partial charge in [0.1, 0.15) is 11.8 Å². The Morgan fingerprint density at radius 1 is 1.23 bits per heavy atom. The number of primary amides is 1. The Morgan fingerprint density at radius 2 is 1.86 bits per heavy atom. The number of amides is 2. The number of rotatable bonds is 9. The van der Waals surface area contributed by atoms with E-state index >= 15 is 0 Å². The van der Waals surface area contributed by atoms with Crippen molar-refractivity contribution in [3.05, 3.63) is 35.9 Å². The zero-order valence-electron chi connectivity index (χ0n) is 12.9. The second-order valence-electron chi connectivity index (χ2n) is 4.92. The average molecular weight is 306 g/mol. The molecule has 6 heteroatoms. The van der Waals surface area contributed by atoms with Gasteiger partial charge in [0, 0.05) is 20.0 Å². The predicted octanol–water partition coefficient (Wildman–Crippen LogP) is 1.10. The van der Waals surface area contributed by atoms with Crippen LogP contribution in [0.25, 0.3) is 0 Å². The van der Waals surface area contributed by atoms with Gasteiger partial charge in [-0.05, 0) is 12.0 Å². The summed E-state index contributed by atoms with van der Waals surface area (Å²) in [5, 5.41) is 2.55. The quantitative estimate of drug-likeness (QED) is 0.713. The lowest BCUT2D eigenvalue weighted by Gasteiger charge is -2.20. The maximum absolute atomic E-state index is 12.3. The summed E-state index contributed by atoms with van der Waals surface area (Å²) in [6.07, 6.45) is -0.0406. The summed E-state index contributed by atoms with van der Waals surface area (Å²) in [6, 6.07) is 8.04. The molecule has 0 saturated heterocycles. The first-order valence-corrected chi connectivity index (χ1v) is 7.18. The van der Waals surface area contributed by atoms with Crippen LogP contribution < -0.4 is 11.1 Å². The molecule has 1 rings (SSSR count). The Bertz CT molecular complexity index is 516. The van der Waals surface area contributed by atoms with E-state index < -0.39 is 24.0 Å². The fourth-order valence-corrected chi connectivity index (χ4v) is 2.04. The Labute approximate surface area is 130 Å². The van der Waals surface area contributed by atoms with Crippen LogP contribution in [0.3, 0.4) is 0 Å². The van der Waals surface area contributed by atoms with Crippen molar-refractivity contribution in [1.82, 2.24) is 5.32 Å². The van der Waals surface area contributed by atoms with Crippen LogP contribution in [0.15, 0.2) is 30.3 Å². The second kappa shape index (κ2) is 8.94. The molecule has 0 aromatic heterocycles. The van der Waals surface area contributed by atoms with Gasteiger partial charge in [0.2, 0.25) is 5.91 Å². The van der Waals surface area contributed by atoms with Crippen LogP contribution in [0, 0.1) is 0 Å². The third kappa shape index (κ3) is 5.29. The number of carbonyl (C=O) groups excluding carboxylic acids is 3. The van der Waals surface area contributed by atoms with E-state index in [0.717, 1.165) is 0 Å². The highest BCUT2D eigenvalue weighted by Gasteiger charge is 2.25. The standard InChI is InChI=1S/C16H22N2O4/c1-3-12(19)9-10-13(15(17)20)18-16(21)14(22-2)11-7-5-4-6-8-11/h4-8,13-14H,3,9-10H2,1-2H3,(H2,17,20)(H,18,21)/t13-,14+/m1/s1. The Kier molecular flexibility index (Phi) is 7.25. The van der Waals surface area contributed by atoms with Gasteiger partial charge in [-0.25, -0.2) is 0 Å². The van der Waals surface area contributed by atoms with E-state index in [1.165, 1.54) is 7.11 Å². The highest BCUT2D eigenvalue weighted by atomic mass is 16.5. The summed E-state index contributed by atoms with van der Waals surface area (Å²) in [5.74, 6) is -1.10. The van der Waals surface area contributed by atoms with Gasteiger partial charge in [-0.3, -0.25) is 14.4 Å². The van der Waals surface area contributed by atoms with Crippen molar-refractivity contribution in [3.8, 4) is 0 Å². The molecule has 0 aliphatic rings. The summed E-state index contributed by atoms with van der Waals surface area (Å²) in [5.41, 5.74) is 5.96. The van der Waals surface area contributed by atoms with Crippen molar-refractivity contribution in [3.63, 3.8) is 0 Å².